The Kier molecular flexibility index (Phi) is 6.83. The number of aromatic nitrogens is 2. The van der Waals surface area contributed by atoms with Crippen LogP contribution in [0, 0.1) is 0 Å². The molecule has 1 atom stereocenters. The van der Waals surface area contributed by atoms with Gasteiger partial charge < -0.3 is 9.26 Å². The average Bonchev–Trinajstić information content (AvgIpc) is 3.48. The van der Waals surface area contributed by atoms with Crippen molar-refractivity contribution in [1.29, 1.82) is 0 Å². The van der Waals surface area contributed by atoms with Crippen molar-refractivity contribution in [3.63, 3.8) is 0 Å². The SMILES string of the molecule is NC(N)=[N+]1CCCC1c1nc(-c2ccc(OCCc3ccc(C(F)(F)F)cc3)c(C(F)(F)F)c2)no1. The summed E-state index contributed by atoms with van der Waals surface area (Å²) in [5.74, 6) is -0.167. The first-order valence-corrected chi connectivity index (χ1v) is 10.9. The van der Waals surface area contributed by atoms with Crippen LogP contribution in [0.1, 0.15) is 41.5 Å². The molecule has 1 saturated heterocycles. The number of ether oxygens (including phenoxy) is 1. The van der Waals surface area contributed by atoms with Crippen LogP contribution < -0.4 is 16.2 Å². The lowest BCUT2D eigenvalue weighted by molar-refractivity contribution is -0.555. The molecule has 2 heterocycles. The summed E-state index contributed by atoms with van der Waals surface area (Å²) in [6.45, 7) is 0.427. The zero-order valence-electron chi connectivity index (χ0n) is 18.7. The number of hydrogen-bond donors (Lipinski definition) is 2. The lowest BCUT2D eigenvalue weighted by Crippen LogP contribution is -2.35. The minimum absolute atomic E-state index is 0.0331. The lowest BCUT2D eigenvalue weighted by atomic mass is 10.1. The molecular weight excluding hydrogens is 492 g/mol. The van der Waals surface area contributed by atoms with Gasteiger partial charge in [0.05, 0.1) is 24.3 Å². The van der Waals surface area contributed by atoms with Crippen LogP contribution in [0.5, 0.6) is 5.75 Å². The van der Waals surface area contributed by atoms with E-state index in [1.165, 1.54) is 18.2 Å². The largest absolute Gasteiger partial charge is 0.493 e. The molecule has 2 aromatic carbocycles. The van der Waals surface area contributed by atoms with E-state index in [9.17, 15) is 26.3 Å². The molecule has 4 rings (SSSR count). The molecule has 1 unspecified atom stereocenters. The zero-order valence-corrected chi connectivity index (χ0v) is 18.7. The maximum Gasteiger partial charge on any atom is 0.419 e. The Balaban J connectivity index is 1.50. The second-order valence-electron chi connectivity index (χ2n) is 8.23. The van der Waals surface area contributed by atoms with Gasteiger partial charge in [-0.1, -0.05) is 17.3 Å². The molecule has 1 fully saturated rings. The van der Waals surface area contributed by atoms with Gasteiger partial charge in [0.25, 0.3) is 5.89 Å². The summed E-state index contributed by atoms with van der Waals surface area (Å²) in [4.78, 5) is 4.24. The minimum atomic E-state index is -4.74. The van der Waals surface area contributed by atoms with E-state index >= 15 is 0 Å². The van der Waals surface area contributed by atoms with E-state index in [2.05, 4.69) is 10.1 Å². The van der Waals surface area contributed by atoms with Gasteiger partial charge in [0.1, 0.15) is 5.75 Å². The Bertz CT molecular complexity index is 1250. The fourth-order valence-electron chi connectivity index (χ4n) is 3.98. The summed E-state index contributed by atoms with van der Waals surface area (Å²) >= 11 is 0. The van der Waals surface area contributed by atoms with Crippen LogP contribution in [0.25, 0.3) is 11.4 Å². The van der Waals surface area contributed by atoms with Crippen molar-refractivity contribution in [2.45, 2.75) is 37.7 Å². The third-order valence-corrected chi connectivity index (χ3v) is 5.78. The van der Waals surface area contributed by atoms with Crippen molar-refractivity contribution >= 4 is 5.96 Å². The van der Waals surface area contributed by atoms with Crippen molar-refractivity contribution in [3.8, 4) is 17.1 Å². The highest BCUT2D eigenvalue weighted by Crippen LogP contribution is 2.39. The molecule has 1 aliphatic rings. The maximum atomic E-state index is 13.8. The molecule has 0 radical (unpaired) electrons. The summed E-state index contributed by atoms with van der Waals surface area (Å²) < 4.78 is 91.6. The van der Waals surface area contributed by atoms with Crippen molar-refractivity contribution in [1.82, 2.24) is 10.1 Å². The van der Waals surface area contributed by atoms with Gasteiger partial charge in [0.2, 0.25) is 5.82 Å². The van der Waals surface area contributed by atoms with E-state index in [0.717, 1.165) is 30.7 Å². The average molecular weight is 514 g/mol. The molecule has 1 aromatic heterocycles. The number of guanidine groups is 1. The fourth-order valence-corrected chi connectivity index (χ4v) is 3.98. The molecule has 0 bridgehead atoms. The number of halogens is 6. The number of nitrogens with zero attached hydrogens (tertiary/aromatic N) is 3. The Labute approximate surface area is 201 Å². The van der Waals surface area contributed by atoms with Crippen LogP contribution in [0.15, 0.2) is 47.0 Å². The molecule has 3 aromatic rings. The summed E-state index contributed by atoms with van der Waals surface area (Å²) in [6.07, 6.45) is -7.65. The molecule has 7 nitrogen and oxygen atoms in total. The highest BCUT2D eigenvalue weighted by atomic mass is 19.4. The molecule has 0 saturated carbocycles. The normalized spacial score (nSPS) is 16.4. The molecular formula is C23H22F6N5O2+. The zero-order chi connectivity index (χ0) is 26.1. The topological polar surface area (TPSA) is 103 Å². The number of rotatable bonds is 6. The van der Waals surface area contributed by atoms with Gasteiger partial charge in [-0.3, -0.25) is 16.0 Å². The fraction of sp³-hybridized carbons (Fsp3) is 0.348. The molecule has 4 N–H and O–H groups in total. The van der Waals surface area contributed by atoms with Crippen LogP contribution in [0.2, 0.25) is 0 Å². The second-order valence-corrected chi connectivity index (χ2v) is 8.23. The number of nitrogens with two attached hydrogens (primary N) is 2. The van der Waals surface area contributed by atoms with Gasteiger partial charge in [-0.15, -0.1) is 0 Å². The smallest absolute Gasteiger partial charge is 0.419 e. The van der Waals surface area contributed by atoms with Crippen molar-refractivity contribution in [2.24, 2.45) is 11.5 Å². The third kappa shape index (κ3) is 5.55. The molecule has 0 aliphatic carbocycles. The monoisotopic (exact) mass is 514 g/mol. The van der Waals surface area contributed by atoms with Crippen molar-refractivity contribution in [3.05, 3.63) is 65.0 Å². The van der Waals surface area contributed by atoms with Crippen molar-refractivity contribution < 1.29 is 40.2 Å². The van der Waals surface area contributed by atoms with Crippen LogP contribution >= 0.6 is 0 Å². The Morgan fingerprint density at radius 1 is 1.03 bits per heavy atom. The van der Waals surface area contributed by atoms with Gasteiger partial charge in [0.15, 0.2) is 6.04 Å². The first-order chi connectivity index (χ1) is 16.9. The van der Waals surface area contributed by atoms with Gasteiger partial charge >= 0.3 is 18.3 Å². The predicted octanol–water partition coefficient (Wildman–Crippen LogP) is 4.52. The van der Waals surface area contributed by atoms with Gasteiger partial charge in [-0.2, -0.15) is 31.3 Å². The number of alkyl halides is 6. The molecule has 192 valence electrons. The quantitative estimate of drug-likeness (QED) is 0.285. The number of benzene rings is 2. The van der Waals surface area contributed by atoms with Crippen LogP contribution in [0.4, 0.5) is 26.3 Å². The number of hydrogen-bond acceptors (Lipinski definition) is 4. The summed E-state index contributed by atoms with van der Waals surface area (Å²) in [5, 5.41) is 3.81. The van der Waals surface area contributed by atoms with Crippen molar-refractivity contribution in [2.75, 3.05) is 13.2 Å². The van der Waals surface area contributed by atoms with E-state index in [4.69, 9.17) is 20.7 Å². The standard InChI is InChI=1S/C23H21F6N5O2/c24-22(25,26)15-6-3-13(4-7-15)9-11-35-18-8-5-14(12-16(18)23(27,28)29)19-32-20(36-33-19)17-2-1-10-34(17)21(30)31/h3-8,12,17H,1-2,9-11H2,(H3,30,31)/p+1. The van der Waals surface area contributed by atoms with E-state index in [-0.39, 0.29) is 42.3 Å². The molecule has 36 heavy (non-hydrogen) atoms. The van der Waals surface area contributed by atoms with Crippen LogP contribution in [-0.2, 0) is 18.8 Å². The lowest BCUT2D eigenvalue weighted by Gasteiger charge is -2.15. The molecule has 0 spiro atoms. The summed E-state index contributed by atoms with van der Waals surface area (Å²) in [6, 6.07) is 7.36. The summed E-state index contributed by atoms with van der Waals surface area (Å²) in [7, 11) is 0. The second kappa shape index (κ2) is 9.70. The van der Waals surface area contributed by atoms with E-state index in [1.54, 1.807) is 4.58 Å². The highest BCUT2D eigenvalue weighted by Gasteiger charge is 2.36. The summed E-state index contributed by atoms with van der Waals surface area (Å²) in [5.41, 5.74) is 10.1. The van der Waals surface area contributed by atoms with Gasteiger partial charge in [-0.05, 0) is 48.7 Å². The first kappa shape index (κ1) is 25.3. The van der Waals surface area contributed by atoms with Gasteiger partial charge in [0, 0.05) is 12.0 Å². The molecule has 1 aliphatic heterocycles. The highest BCUT2D eigenvalue weighted by molar-refractivity contribution is 5.70. The Morgan fingerprint density at radius 3 is 2.39 bits per heavy atom. The van der Waals surface area contributed by atoms with E-state index < -0.39 is 29.2 Å². The molecule has 0 amide bonds. The third-order valence-electron chi connectivity index (χ3n) is 5.78. The first-order valence-electron chi connectivity index (χ1n) is 10.9. The Hall–Kier alpha value is -3.77. The maximum absolute atomic E-state index is 13.8. The van der Waals surface area contributed by atoms with Crippen LogP contribution in [0.3, 0.4) is 0 Å². The predicted molar refractivity (Wildman–Crippen MR) is 116 cm³/mol. The van der Waals surface area contributed by atoms with Crippen LogP contribution in [-0.4, -0.2) is 33.8 Å². The minimum Gasteiger partial charge on any atom is -0.493 e. The molecule has 13 heteroatoms. The van der Waals surface area contributed by atoms with E-state index in [1.807, 2.05) is 0 Å². The Morgan fingerprint density at radius 2 is 1.75 bits per heavy atom. The van der Waals surface area contributed by atoms with Gasteiger partial charge in [-0.25, -0.2) is 0 Å². The van der Waals surface area contributed by atoms with E-state index in [0.29, 0.717) is 18.5 Å².